The standard InChI is InChI=1S/C13H12N4O3/c14-6-5-9-1-3-10(4-2-9)19-8-11-7-12(17-20-11)13(18)16-15/h1-4,7H,5,8,15H2,(H,16,18). The summed E-state index contributed by atoms with van der Waals surface area (Å²) in [5.74, 6) is 5.49. The van der Waals surface area contributed by atoms with Crippen molar-refractivity contribution in [3.05, 3.63) is 47.3 Å². The van der Waals surface area contributed by atoms with Gasteiger partial charge in [0.05, 0.1) is 12.5 Å². The molecule has 20 heavy (non-hydrogen) atoms. The largest absolute Gasteiger partial charge is 0.486 e. The van der Waals surface area contributed by atoms with Crippen molar-refractivity contribution in [3.8, 4) is 11.8 Å². The summed E-state index contributed by atoms with van der Waals surface area (Å²) in [5, 5.41) is 12.1. The fourth-order valence-electron chi connectivity index (χ4n) is 1.51. The molecule has 0 atom stereocenters. The highest BCUT2D eigenvalue weighted by Gasteiger charge is 2.11. The molecule has 7 heteroatoms. The Bertz CT molecular complexity index is 628. The molecule has 0 saturated carbocycles. The number of carbonyl (C=O) groups is 1. The molecule has 0 fully saturated rings. The van der Waals surface area contributed by atoms with Gasteiger partial charge in [0.15, 0.2) is 11.5 Å². The number of nitrogens with two attached hydrogens (primary N) is 1. The lowest BCUT2D eigenvalue weighted by Crippen LogP contribution is -2.30. The van der Waals surface area contributed by atoms with E-state index in [1.54, 1.807) is 12.1 Å². The Morgan fingerprint density at radius 3 is 2.85 bits per heavy atom. The average molecular weight is 272 g/mol. The van der Waals surface area contributed by atoms with Crippen LogP contribution in [-0.4, -0.2) is 11.1 Å². The van der Waals surface area contributed by atoms with Crippen LogP contribution >= 0.6 is 0 Å². The van der Waals surface area contributed by atoms with Gasteiger partial charge >= 0.3 is 0 Å². The summed E-state index contributed by atoms with van der Waals surface area (Å²) in [5.41, 5.74) is 2.97. The number of aromatic nitrogens is 1. The first-order valence-corrected chi connectivity index (χ1v) is 5.78. The molecule has 0 aliphatic rings. The number of ether oxygens (including phenoxy) is 1. The lowest BCUT2D eigenvalue weighted by atomic mass is 10.2. The molecular weight excluding hydrogens is 260 g/mol. The molecule has 1 heterocycles. The minimum Gasteiger partial charge on any atom is -0.486 e. The Balaban J connectivity index is 1.93. The summed E-state index contributed by atoms with van der Waals surface area (Å²) in [4.78, 5) is 11.2. The second kappa shape index (κ2) is 6.36. The predicted octanol–water partition coefficient (Wildman–Crippen LogP) is 0.923. The van der Waals surface area contributed by atoms with E-state index in [2.05, 4.69) is 11.2 Å². The van der Waals surface area contributed by atoms with Crippen LogP contribution in [0.5, 0.6) is 5.75 Å². The third-order valence-corrected chi connectivity index (χ3v) is 2.51. The van der Waals surface area contributed by atoms with Crippen molar-refractivity contribution in [2.75, 3.05) is 0 Å². The van der Waals surface area contributed by atoms with Crippen molar-refractivity contribution in [3.63, 3.8) is 0 Å². The van der Waals surface area contributed by atoms with Crippen molar-refractivity contribution < 1.29 is 14.1 Å². The molecule has 0 radical (unpaired) electrons. The maximum absolute atomic E-state index is 11.2. The van der Waals surface area contributed by atoms with Crippen molar-refractivity contribution in [2.24, 2.45) is 5.84 Å². The number of hydrazine groups is 1. The van der Waals surface area contributed by atoms with Gasteiger partial charge in [0, 0.05) is 6.07 Å². The molecule has 1 amide bonds. The molecule has 1 aromatic heterocycles. The Labute approximate surface area is 114 Å². The fraction of sp³-hybridized carbons (Fsp3) is 0.154. The molecule has 1 aromatic carbocycles. The smallest absolute Gasteiger partial charge is 0.287 e. The van der Waals surface area contributed by atoms with Gasteiger partial charge in [-0.2, -0.15) is 5.26 Å². The molecule has 0 bridgehead atoms. The minimum absolute atomic E-state index is 0.0930. The van der Waals surface area contributed by atoms with Crippen LogP contribution < -0.4 is 16.0 Å². The van der Waals surface area contributed by atoms with Crippen LogP contribution in [0.3, 0.4) is 0 Å². The van der Waals surface area contributed by atoms with Crippen molar-refractivity contribution in [2.45, 2.75) is 13.0 Å². The van der Waals surface area contributed by atoms with Gasteiger partial charge in [0.1, 0.15) is 12.4 Å². The maximum atomic E-state index is 11.2. The van der Waals surface area contributed by atoms with Crippen molar-refractivity contribution in [1.82, 2.24) is 10.6 Å². The van der Waals surface area contributed by atoms with Crippen LogP contribution in [0.15, 0.2) is 34.9 Å². The number of nitrogen functional groups attached to an aromatic ring is 1. The molecule has 102 valence electrons. The second-order valence-electron chi connectivity index (χ2n) is 3.92. The molecule has 7 nitrogen and oxygen atoms in total. The number of carbonyl (C=O) groups excluding carboxylic acids is 1. The van der Waals surface area contributed by atoms with Crippen LogP contribution in [0.1, 0.15) is 21.8 Å². The van der Waals surface area contributed by atoms with E-state index in [-0.39, 0.29) is 12.3 Å². The Morgan fingerprint density at radius 1 is 1.45 bits per heavy atom. The van der Waals surface area contributed by atoms with E-state index in [0.717, 1.165) is 5.56 Å². The van der Waals surface area contributed by atoms with E-state index in [4.69, 9.17) is 20.4 Å². The second-order valence-corrected chi connectivity index (χ2v) is 3.92. The number of rotatable bonds is 5. The highest BCUT2D eigenvalue weighted by Crippen LogP contribution is 2.15. The number of hydrogen-bond donors (Lipinski definition) is 2. The molecule has 3 N–H and O–H groups in total. The van der Waals surface area contributed by atoms with Gasteiger partial charge in [-0.25, -0.2) is 5.84 Å². The lowest BCUT2D eigenvalue weighted by Gasteiger charge is -2.03. The monoisotopic (exact) mass is 272 g/mol. The molecule has 0 unspecified atom stereocenters. The van der Waals surface area contributed by atoms with Gasteiger partial charge in [-0.05, 0) is 17.7 Å². The average Bonchev–Trinajstić information content (AvgIpc) is 2.95. The fourth-order valence-corrected chi connectivity index (χ4v) is 1.51. The number of nitrogens with zero attached hydrogens (tertiary/aromatic N) is 2. The van der Waals surface area contributed by atoms with Gasteiger partial charge < -0.3 is 9.26 Å². The van der Waals surface area contributed by atoms with Crippen molar-refractivity contribution >= 4 is 5.91 Å². The summed E-state index contributed by atoms with van der Waals surface area (Å²) in [6, 6.07) is 10.7. The van der Waals surface area contributed by atoms with Gasteiger partial charge in [-0.1, -0.05) is 17.3 Å². The number of amides is 1. The zero-order chi connectivity index (χ0) is 14.4. The topological polar surface area (TPSA) is 114 Å². The van der Waals surface area contributed by atoms with E-state index in [9.17, 15) is 4.79 Å². The summed E-state index contributed by atoms with van der Waals surface area (Å²) in [6.07, 6.45) is 0.361. The third kappa shape index (κ3) is 3.34. The molecule has 2 rings (SSSR count). The predicted molar refractivity (Wildman–Crippen MR) is 68.2 cm³/mol. The first-order chi connectivity index (χ1) is 9.72. The first-order valence-electron chi connectivity index (χ1n) is 5.78. The lowest BCUT2D eigenvalue weighted by molar-refractivity contribution is 0.0944. The van der Waals surface area contributed by atoms with Crippen LogP contribution in [0.2, 0.25) is 0 Å². The number of nitriles is 1. The zero-order valence-electron chi connectivity index (χ0n) is 10.5. The van der Waals surface area contributed by atoms with Gasteiger partial charge in [0.2, 0.25) is 0 Å². The normalized spacial score (nSPS) is 9.80. The van der Waals surface area contributed by atoms with E-state index >= 15 is 0 Å². The quantitative estimate of drug-likeness (QED) is 0.475. The molecule has 0 spiro atoms. The maximum Gasteiger partial charge on any atom is 0.287 e. The Morgan fingerprint density at radius 2 is 2.20 bits per heavy atom. The van der Waals surface area contributed by atoms with Crippen LogP contribution in [0.4, 0.5) is 0 Å². The number of nitrogens with one attached hydrogen (secondary N) is 1. The highest BCUT2D eigenvalue weighted by molar-refractivity contribution is 5.91. The minimum atomic E-state index is -0.527. The van der Waals surface area contributed by atoms with Gasteiger partial charge in [-0.15, -0.1) is 0 Å². The zero-order valence-corrected chi connectivity index (χ0v) is 10.5. The molecule has 0 aliphatic carbocycles. The van der Waals surface area contributed by atoms with E-state index < -0.39 is 5.91 Å². The van der Waals surface area contributed by atoms with Gasteiger partial charge in [0.25, 0.3) is 5.91 Å². The van der Waals surface area contributed by atoms with Crippen molar-refractivity contribution in [1.29, 1.82) is 5.26 Å². The number of hydrogen-bond acceptors (Lipinski definition) is 6. The first kappa shape index (κ1) is 13.6. The third-order valence-electron chi connectivity index (χ3n) is 2.51. The number of benzene rings is 1. The summed E-state index contributed by atoms with van der Waals surface area (Å²) in [6.45, 7) is 0.141. The summed E-state index contributed by atoms with van der Waals surface area (Å²) >= 11 is 0. The molecule has 0 aliphatic heterocycles. The molecule has 2 aromatic rings. The van der Waals surface area contributed by atoms with Crippen LogP contribution in [-0.2, 0) is 13.0 Å². The molecule has 0 saturated heterocycles. The van der Waals surface area contributed by atoms with Crippen LogP contribution in [0, 0.1) is 11.3 Å². The Kier molecular flexibility index (Phi) is 4.32. The van der Waals surface area contributed by atoms with Gasteiger partial charge in [-0.3, -0.25) is 10.2 Å². The van der Waals surface area contributed by atoms with E-state index in [0.29, 0.717) is 17.9 Å². The van der Waals surface area contributed by atoms with Crippen LogP contribution in [0.25, 0.3) is 0 Å². The van der Waals surface area contributed by atoms with E-state index in [1.165, 1.54) is 6.07 Å². The Hall–Kier alpha value is -2.85. The highest BCUT2D eigenvalue weighted by atomic mass is 16.5. The van der Waals surface area contributed by atoms with E-state index in [1.807, 2.05) is 17.6 Å². The summed E-state index contributed by atoms with van der Waals surface area (Å²) < 4.78 is 10.4. The summed E-state index contributed by atoms with van der Waals surface area (Å²) in [7, 11) is 0. The molecular formula is C13H12N4O3. The SMILES string of the molecule is N#CCc1ccc(OCc2cc(C(=O)NN)no2)cc1.